The molecule has 1 aromatic carbocycles. The van der Waals surface area contributed by atoms with Crippen LogP contribution in [0.1, 0.15) is 18.4 Å². The van der Waals surface area contributed by atoms with E-state index in [0.717, 1.165) is 30.2 Å². The number of thiophene rings is 1. The third-order valence-corrected chi connectivity index (χ3v) is 10.5. The molecule has 1 unspecified atom stereocenters. The maximum absolute atomic E-state index is 13.2. The lowest BCUT2D eigenvalue weighted by Crippen LogP contribution is -2.53. The molecule has 5 rings (SSSR count). The molecular formula is C22H26N4O3S3. The van der Waals surface area contributed by atoms with Crippen molar-refractivity contribution in [3.63, 3.8) is 0 Å². The number of aromatic nitrogens is 1. The Morgan fingerprint density at radius 3 is 2.69 bits per heavy atom. The highest BCUT2D eigenvalue weighted by Crippen LogP contribution is 2.31. The number of nitrogens with zero attached hydrogens (tertiary/aromatic N) is 4. The Morgan fingerprint density at radius 2 is 1.94 bits per heavy atom. The molecule has 0 N–H and O–H groups in total. The van der Waals surface area contributed by atoms with Gasteiger partial charge in [0.05, 0.1) is 16.1 Å². The zero-order valence-corrected chi connectivity index (χ0v) is 20.4. The second kappa shape index (κ2) is 8.74. The van der Waals surface area contributed by atoms with E-state index in [1.54, 1.807) is 28.8 Å². The first-order chi connectivity index (χ1) is 15.4. The third kappa shape index (κ3) is 4.16. The topological polar surface area (TPSA) is 73.8 Å². The number of rotatable bonds is 4. The van der Waals surface area contributed by atoms with Crippen molar-refractivity contribution in [1.82, 2.24) is 14.2 Å². The molecule has 0 bridgehead atoms. The van der Waals surface area contributed by atoms with Crippen molar-refractivity contribution in [3.05, 3.63) is 41.3 Å². The zero-order valence-electron chi connectivity index (χ0n) is 17.9. The number of hydrogen-bond donors (Lipinski definition) is 0. The zero-order chi connectivity index (χ0) is 22.3. The summed E-state index contributed by atoms with van der Waals surface area (Å²) in [5.74, 6) is -0.189. The van der Waals surface area contributed by atoms with Crippen molar-refractivity contribution in [2.24, 2.45) is 5.92 Å². The number of amides is 1. The number of piperidine rings is 1. The van der Waals surface area contributed by atoms with Crippen LogP contribution in [0.4, 0.5) is 5.13 Å². The number of fused-ring (bicyclic) bond motifs is 1. The fourth-order valence-electron chi connectivity index (χ4n) is 4.43. The number of piperazine rings is 1. The summed E-state index contributed by atoms with van der Waals surface area (Å²) in [6.45, 7) is 5.61. The number of anilines is 1. The van der Waals surface area contributed by atoms with Crippen molar-refractivity contribution in [2.45, 2.75) is 24.0 Å². The van der Waals surface area contributed by atoms with E-state index < -0.39 is 10.0 Å². The van der Waals surface area contributed by atoms with Gasteiger partial charge in [0.15, 0.2) is 5.13 Å². The van der Waals surface area contributed by atoms with Crippen molar-refractivity contribution >= 4 is 54.0 Å². The van der Waals surface area contributed by atoms with Crippen LogP contribution in [-0.4, -0.2) is 67.8 Å². The van der Waals surface area contributed by atoms with E-state index in [0.29, 0.717) is 30.3 Å². The van der Waals surface area contributed by atoms with Gasteiger partial charge in [0.2, 0.25) is 5.91 Å². The second-order valence-electron chi connectivity index (χ2n) is 8.41. The summed E-state index contributed by atoms with van der Waals surface area (Å²) in [5, 5.41) is 2.77. The Labute approximate surface area is 196 Å². The van der Waals surface area contributed by atoms with Crippen LogP contribution in [0.2, 0.25) is 0 Å². The first kappa shape index (κ1) is 21.8. The lowest BCUT2D eigenvalue weighted by Gasteiger charge is -2.38. The highest BCUT2D eigenvalue weighted by molar-refractivity contribution is 7.91. The molecule has 0 radical (unpaired) electrons. The SMILES string of the molecule is Cc1ccc2nc(N3CCN(C(=O)C4CCCN(S(=O)(=O)c5cccs5)C4)CC3)sc2c1. The highest BCUT2D eigenvalue weighted by Gasteiger charge is 2.36. The molecule has 2 aromatic heterocycles. The van der Waals surface area contributed by atoms with Crippen LogP contribution in [-0.2, 0) is 14.8 Å². The van der Waals surface area contributed by atoms with Crippen molar-refractivity contribution in [1.29, 1.82) is 0 Å². The molecule has 3 aromatic rings. The summed E-state index contributed by atoms with van der Waals surface area (Å²) >= 11 is 2.92. The first-order valence-electron chi connectivity index (χ1n) is 10.9. The van der Waals surface area contributed by atoms with Crippen LogP contribution in [0, 0.1) is 12.8 Å². The molecule has 0 spiro atoms. The van der Waals surface area contributed by atoms with Gasteiger partial charge in [-0.05, 0) is 48.9 Å². The van der Waals surface area contributed by atoms with Crippen LogP contribution in [0.3, 0.4) is 0 Å². The summed E-state index contributed by atoms with van der Waals surface area (Å²) in [7, 11) is -3.51. The molecule has 10 heteroatoms. The molecule has 170 valence electrons. The van der Waals surface area contributed by atoms with E-state index in [1.165, 1.54) is 25.9 Å². The van der Waals surface area contributed by atoms with Gasteiger partial charge in [0, 0.05) is 39.3 Å². The predicted octanol–water partition coefficient (Wildman–Crippen LogP) is 3.42. The molecule has 1 atom stereocenters. The van der Waals surface area contributed by atoms with E-state index in [1.807, 2.05) is 4.90 Å². The van der Waals surface area contributed by atoms with E-state index >= 15 is 0 Å². The summed E-state index contributed by atoms with van der Waals surface area (Å²) in [5.41, 5.74) is 2.24. The minimum absolute atomic E-state index is 0.0793. The van der Waals surface area contributed by atoms with Gasteiger partial charge in [-0.3, -0.25) is 4.79 Å². The maximum Gasteiger partial charge on any atom is 0.252 e. The lowest BCUT2D eigenvalue weighted by atomic mass is 9.98. The Balaban J connectivity index is 1.22. The summed E-state index contributed by atoms with van der Waals surface area (Å²) < 4.78 is 28.8. The van der Waals surface area contributed by atoms with Crippen molar-refractivity contribution < 1.29 is 13.2 Å². The van der Waals surface area contributed by atoms with Crippen LogP contribution in [0.5, 0.6) is 0 Å². The van der Waals surface area contributed by atoms with E-state index in [9.17, 15) is 13.2 Å². The fraction of sp³-hybridized carbons (Fsp3) is 0.455. The van der Waals surface area contributed by atoms with E-state index in [2.05, 4.69) is 30.0 Å². The molecule has 4 heterocycles. The number of aryl methyl sites for hydroxylation is 1. The number of benzene rings is 1. The van der Waals surface area contributed by atoms with Gasteiger partial charge >= 0.3 is 0 Å². The molecule has 2 saturated heterocycles. The predicted molar refractivity (Wildman–Crippen MR) is 129 cm³/mol. The number of thiazole rings is 1. The average molecular weight is 491 g/mol. The van der Waals surface area contributed by atoms with Crippen LogP contribution < -0.4 is 4.90 Å². The average Bonchev–Trinajstić information content (AvgIpc) is 3.49. The third-order valence-electron chi connectivity index (χ3n) is 6.22. The molecular weight excluding hydrogens is 464 g/mol. The van der Waals surface area contributed by atoms with Gasteiger partial charge in [-0.2, -0.15) is 4.31 Å². The standard InChI is InChI=1S/C22H26N4O3S3/c1-16-6-7-18-19(14-16)31-22(23-18)25-11-9-24(10-12-25)21(27)17-4-2-8-26(15-17)32(28,29)20-5-3-13-30-20/h3,5-7,13-14,17H,2,4,8-12,15H2,1H3. The normalized spacial score (nSPS) is 20.7. The van der Waals surface area contributed by atoms with Gasteiger partial charge in [0.1, 0.15) is 4.21 Å². The molecule has 0 aliphatic carbocycles. The molecule has 1 amide bonds. The van der Waals surface area contributed by atoms with Gasteiger partial charge < -0.3 is 9.80 Å². The van der Waals surface area contributed by atoms with Crippen LogP contribution >= 0.6 is 22.7 Å². The van der Waals surface area contributed by atoms with Crippen LogP contribution in [0.25, 0.3) is 10.2 Å². The van der Waals surface area contributed by atoms with Gasteiger partial charge in [-0.1, -0.05) is 23.5 Å². The largest absolute Gasteiger partial charge is 0.345 e. The summed E-state index contributed by atoms with van der Waals surface area (Å²) in [6.07, 6.45) is 1.46. The highest BCUT2D eigenvalue weighted by atomic mass is 32.2. The molecule has 7 nitrogen and oxygen atoms in total. The quantitative estimate of drug-likeness (QED) is 0.560. The molecule has 32 heavy (non-hydrogen) atoms. The van der Waals surface area contributed by atoms with E-state index in [-0.39, 0.29) is 18.4 Å². The Morgan fingerprint density at radius 1 is 1.12 bits per heavy atom. The number of carbonyl (C=O) groups excluding carboxylic acids is 1. The first-order valence-corrected chi connectivity index (χ1v) is 14.0. The van der Waals surface area contributed by atoms with Crippen molar-refractivity contribution in [3.8, 4) is 0 Å². The van der Waals surface area contributed by atoms with Crippen molar-refractivity contribution in [2.75, 3.05) is 44.2 Å². The molecule has 0 saturated carbocycles. The Hall–Kier alpha value is -2.01. The van der Waals surface area contributed by atoms with Gasteiger partial charge in [-0.15, -0.1) is 11.3 Å². The summed E-state index contributed by atoms with van der Waals surface area (Å²) in [4.78, 5) is 22.1. The minimum Gasteiger partial charge on any atom is -0.345 e. The smallest absolute Gasteiger partial charge is 0.252 e. The second-order valence-corrected chi connectivity index (χ2v) is 12.5. The minimum atomic E-state index is -3.51. The molecule has 2 aliphatic rings. The molecule has 2 fully saturated rings. The fourth-order valence-corrected chi connectivity index (χ4v) is 8.21. The Bertz CT molecular complexity index is 1210. The number of carbonyl (C=O) groups is 1. The van der Waals surface area contributed by atoms with Gasteiger partial charge in [-0.25, -0.2) is 13.4 Å². The number of hydrogen-bond acceptors (Lipinski definition) is 7. The Kier molecular flexibility index (Phi) is 5.96. The van der Waals surface area contributed by atoms with E-state index in [4.69, 9.17) is 4.98 Å². The summed E-state index contributed by atoms with van der Waals surface area (Å²) in [6, 6.07) is 9.68. The lowest BCUT2D eigenvalue weighted by molar-refractivity contribution is -0.137. The van der Waals surface area contributed by atoms with Gasteiger partial charge in [0.25, 0.3) is 10.0 Å². The number of sulfonamides is 1. The van der Waals surface area contributed by atoms with Crippen LogP contribution in [0.15, 0.2) is 39.9 Å². The maximum atomic E-state index is 13.2. The molecule has 2 aliphatic heterocycles. The monoisotopic (exact) mass is 490 g/mol.